The molecule has 2 heteroatoms. The van der Waals surface area contributed by atoms with Crippen molar-refractivity contribution in [3.05, 3.63) is 72.3 Å². The largest absolute Gasteiger partial charge is 0.508 e. The van der Waals surface area contributed by atoms with E-state index in [4.69, 9.17) is 5.11 Å². The van der Waals surface area contributed by atoms with Gasteiger partial charge < -0.3 is 10.2 Å². The summed E-state index contributed by atoms with van der Waals surface area (Å²) in [5.74, 6) is 0.718. The first-order valence-corrected chi connectivity index (χ1v) is 6.10. The Morgan fingerprint density at radius 1 is 0.632 bits per heavy atom. The van der Waals surface area contributed by atoms with Crippen molar-refractivity contribution in [1.82, 2.24) is 0 Å². The lowest BCUT2D eigenvalue weighted by molar-refractivity contribution is 0.471. The molecule has 0 aliphatic rings. The van der Waals surface area contributed by atoms with Gasteiger partial charge in [-0.15, -0.1) is 0 Å². The van der Waals surface area contributed by atoms with Crippen LogP contribution in [0.15, 0.2) is 66.7 Å². The van der Waals surface area contributed by atoms with Gasteiger partial charge in [-0.05, 0) is 30.0 Å². The predicted molar refractivity (Wildman–Crippen MR) is 78.5 cm³/mol. The predicted octanol–water partition coefficient (Wildman–Crippen LogP) is 4.25. The Hall–Kier alpha value is -2.48. The molecular weight excluding hydrogens is 236 g/mol. The maximum Gasteiger partial charge on any atom is 0.123 e. The highest BCUT2D eigenvalue weighted by Crippen LogP contribution is 2.22. The van der Waals surface area contributed by atoms with Crippen LogP contribution in [0.2, 0.25) is 0 Å². The second kappa shape index (κ2) is 5.91. The van der Waals surface area contributed by atoms with Gasteiger partial charge in [0.1, 0.15) is 11.5 Å². The van der Waals surface area contributed by atoms with Crippen LogP contribution < -0.4 is 0 Å². The number of phenols is 2. The van der Waals surface area contributed by atoms with Crippen LogP contribution in [0.5, 0.6) is 11.5 Å². The molecule has 0 saturated heterocycles. The van der Waals surface area contributed by atoms with Crippen LogP contribution in [-0.4, -0.2) is 10.2 Å². The molecular formula is C17H16O2. The summed E-state index contributed by atoms with van der Waals surface area (Å²) in [6.07, 6.45) is 0. The molecule has 3 aromatic carbocycles. The molecule has 0 amide bonds. The van der Waals surface area contributed by atoms with E-state index in [-0.39, 0.29) is 0 Å². The van der Waals surface area contributed by atoms with Gasteiger partial charge in [-0.2, -0.15) is 0 Å². The zero-order valence-corrected chi connectivity index (χ0v) is 10.7. The minimum absolute atomic E-state index is 0.350. The molecule has 0 aliphatic heterocycles. The fourth-order valence-electron chi connectivity index (χ4n) is 1.77. The van der Waals surface area contributed by atoms with Gasteiger partial charge in [-0.1, -0.05) is 54.6 Å². The molecule has 3 aromatic rings. The van der Waals surface area contributed by atoms with Gasteiger partial charge in [0.25, 0.3) is 0 Å². The number of aromatic hydroxyl groups is 2. The number of rotatable bonds is 0. The molecule has 96 valence electrons. The third-order valence-corrected chi connectivity index (χ3v) is 2.88. The molecule has 0 unspecified atom stereocenters. The smallest absolute Gasteiger partial charge is 0.123 e. The Bertz CT molecular complexity index is 648. The fourth-order valence-corrected chi connectivity index (χ4v) is 1.77. The first-order valence-electron chi connectivity index (χ1n) is 6.10. The molecule has 2 N–H and O–H groups in total. The van der Waals surface area contributed by atoms with Crippen LogP contribution in [0.4, 0.5) is 0 Å². The average molecular weight is 252 g/mol. The first-order chi connectivity index (χ1) is 9.18. The summed E-state index contributed by atoms with van der Waals surface area (Å²) in [6, 6.07) is 20.5. The summed E-state index contributed by atoms with van der Waals surface area (Å²) in [4.78, 5) is 0. The van der Waals surface area contributed by atoms with Crippen molar-refractivity contribution in [2.75, 3.05) is 0 Å². The van der Waals surface area contributed by atoms with Gasteiger partial charge in [0.05, 0.1) is 0 Å². The summed E-state index contributed by atoms with van der Waals surface area (Å²) in [5, 5.41) is 20.3. The second-order valence-electron chi connectivity index (χ2n) is 4.28. The van der Waals surface area contributed by atoms with Crippen molar-refractivity contribution in [1.29, 1.82) is 0 Å². The van der Waals surface area contributed by atoms with Crippen LogP contribution in [0.25, 0.3) is 10.8 Å². The SMILES string of the molecule is Cc1ccccc1O.Oc1cccc2ccccc12. The quantitative estimate of drug-likeness (QED) is 0.628. The Balaban J connectivity index is 0.000000148. The Morgan fingerprint density at radius 2 is 1.21 bits per heavy atom. The number of hydrogen-bond acceptors (Lipinski definition) is 2. The lowest BCUT2D eigenvalue weighted by Crippen LogP contribution is -1.70. The topological polar surface area (TPSA) is 40.5 Å². The minimum Gasteiger partial charge on any atom is -0.508 e. The monoisotopic (exact) mass is 252 g/mol. The molecule has 0 spiro atoms. The van der Waals surface area contributed by atoms with Crippen LogP contribution in [0, 0.1) is 6.92 Å². The van der Waals surface area contributed by atoms with Crippen LogP contribution >= 0.6 is 0 Å². The van der Waals surface area contributed by atoms with E-state index >= 15 is 0 Å². The van der Waals surface area contributed by atoms with E-state index in [9.17, 15) is 5.11 Å². The molecule has 0 radical (unpaired) electrons. The highest BCUT2D eigenvalue weighted by molar-refractivity contribution is 5.87. The molecule has 0 bridgehead atoms. The molecule has 3 rings (SSSR count). The Labute approximate surface area is 112 Å². The molecule has 0 fully saturated rings. The van der Waals surface area contributed by atoms with Gasteiger partial charge in [-0.3, -0.25) is 0 Å². The molecule has 0 aromatic heterocycles. The number of aryl methyl sites for hydroxylation is 1. The second-order valence-corrected chi connectivity index (χ2v) is 4.28. The lowest BCUT2D eigenvalue weighted by atomic mass is 10.1. The summed E-state index contributed by atoms with van der Waals surface area (Å²) < 4.78 is 0. The van der Waals surface area contributed by atoms with E-state index in [1.807, 2.05) is 61.5 Å². The Kier molecular flexibility index (Phi) is 4.04. The van der Waals surface area contributed by atoms with Gasteiger partial charge in [0.2, 0.25) is 0 Å². The van der Waals surface area contributed by atoms with Crippen LogP contribution in [0.1, 0.15) is 5.56 Å². The van der Waals surface area contributed by atoms with Crippen molar-refractivity contribution in [3.63, 3.8) is 0 Å². The van der Waals surface area contributed by atoms with Crippen molar-refractivity contribution in [2.45, 2.75) is 6.92 Å². The summed E-state index contributed by atoms with van der Waals surface area (Å²) >= 11 is 0. The maximum atomic E-state index is 9.37. The van der Waals surface area contributed by atoms with Gasteiger partial charge in [0.15, 0.2) is 0 Å². The molecule has 0 saturated carbocycles. The normalized spacial score (nSPS) is 9.74. The summed E-state index contributed by atoms with van der Waals surface area (Å²) in [5.41, 5.74) is 0.924. The van der Waals surface area contributed by atoms with Gasteiger partial charge in [-0.25, -0.2) is 0 Å². The van der Waals surface area contributed by atoms with Crippen molar-refractivity contribution < 1.29 is 10.2 Å². The third kappa shape index (κ3) is 3.26. The maximum absolute atomic E-state index is 9.37. The number of phenolic OH excluding ortho intramolecular Hbond substituents is 2. The zero-order chi connectivity index (χ0) is 13.7. The fraction of sp³-hybridized carbons (Fsp3) is 0.0588. The van der Waals surface area contributed by atoms with E-state index in [2.05, 4.69) is 0 Å². The van der Waals surface area contributed by atoms with E-state index in [1.165, 1.54) is 0 Å². The molecule has 19 heavy (non-hydrogen) atoms. The van der Waals surface area contributed by atoms with Crippen LogP contribution in [-0.2, 0) is 0 Å². The van der Waals surface area contributed by atoms with Gasteiger partial charge in [0, 0.05) is 5.39 Å². The number of benzene rings is 3. The summed E-state index contributed by atoms with van der Waals surface area (Å²) in [7, 11) is 0. The Morgan fingerprint density at radius 3 is 1.84 bits per heavy atom. The van der Waals surface area contributed by atoms with E-state index in [0.29, 0.717) is 11.5 Å². The van der Waals surface area contributed by atoms with E-state index < -0.39 is 0 Å². The number of para-hydroxylation sites is 1. The van der Waals surface area contributed by atoms with Crippen molar-refractivity contribution >= 4 is 10.8 Å². The zero-order valence-electron chi connectivity index (χ0n) is 10.7. The molecule has 2 nitrogen and oxygen atoms in total. The number of fused-ring (bicyclic) bond motifs is 1. The molecule has 0 atom stereocenters. The highest BCUT2D eigenvalue weighted by Gasteiger charge is 1.94. The minimum atomic E-state index is 0.350. The lowest BCUT2D eigenvalue weighted by Gasteiger charge is -1.97. The molecule has 0 heterocycles. The van der Waals surface area contributed by atoms with E-state index in [1.54, 1.807) is 12.1 Å². The van der Waals surface area contributed by atoms with Crippen LogP contribution in [0.3, 0.4) is 0 Å². The highest BCUT2D eigenvalue weighted by atomic mass is 16.3. The molecule has 0 aliphatic carbocycles. The van der Waals surface area contributed by atoms with E-state index in [0.717, 1.165) is 16.3 Å². The van der Waals surface area contributed by atoms with Crippen molar-refractivity contribution in [3.8, 4) is 11.5 Å². The average Bonchev–Trinajstić information content (AvgIpc) is 2.44. The number of hydrogen-bond donors (Lipinski definition) is 2. The summed E-state index contributed by atoms with van der Waals surface area (Å²) in [6.45, 7) is 1.87. The standard InChI is InChI=1S/C10H8O.C7H8O/c11-10-7-3-5-8-4-1-2-6-9(8)10;1-6-4-2-3-5-7(6)8/h1-7,11H;2-5,8H,1H3. The third-order valence-electron chi connectivity index (χ3n) is 2.88. The van der Waals surface area contributed by atoms with Gasteiger partial charge >= 0.3 is 0 Å². The van der Waals surface area contributed by atoms with Crippen molar-refractivity contribution in [2.24, 2.45) is 0 Å². The first kappa shape index (κ1) is 13.0.